The molecular weight excluding hydrogens is 403 g/mol. The van der Waals surface area contributed by atoms with E-state index in [1.54, 1.807) is 25.1 Å². The second kappa shape index (κ2) is 8.75. The van der Waals surface area contributed by atoms with Crippen LogP contribution in [0.3, 0.4) is 0 Å². The van der Waals surface area contributed by atoms with Gasteiger partial charge in [0.2, 0.25) is 5.91 Å². The molecule has 0 aliphatic rings. The van der Waals surface area contributed by atoms with Crippen LogP contribution in [0, 0.1) is 0 Å². The number of methoxy groups -OCH3 is 2. The van der Waals surface area contributed by atoms with Crippen LogP contribution in [0.15, 0.2) is 41.3 Å². The number of thioether (sulfide) groups is 1. The average molecular weight is 420 g/mol. The van der Waals surface area contributed by atoms with Crippen molar-refractivity contribution in [3.63, 3.8) is 0 Å². The standard InChI is InChI=1S/C18H17ClF3NO3S/c1-10(27-12-5-7-15(25-2)16(9-12)26-3)17(24)23-14-6-4-11(19)8-13(14)18(20,21)22/h4-10H,1-3H3,(H,23,24)/t10-/m0/s1. The van der Waals surface area contributed by atoms with Crippen LogP contribution in [-0.4, -0.2) is 25.4 Å². The van der Waals surface area contributed by atoms with E-state index in [0.717, 1.165) is 12.1 Å². The average Bonchev–Trinajstić information content (AvgIpc) is 2.62. The number of amides is 1. The molecule has 27 heavy (non-hydrogen) atoms. The van der Waals surface area contributed by atoms with Crippen molar-refractivity contribution in [3.05, 3.63) is 47.0 Å². The maximum Gasteiger partial charge on any atom is 0.418 e. The number of halogens is 4. The van der Waals surface area contributed by atoms with Crippen LogP contribution in [-0.2, 0) is 11.0 Å². The minimum Gasteiger partial charge on any atom is -0.493 e. The van der Waals surface area contributed by atoms with E-state index in [1.165, 1.54) is 32.0 Å². The van der Waals surface area contributed by atoms with Gasteiger partial charge >= 0.3 is 6.18 Å². The molecule has 0 radical (unpaired) electrons. The Morgan fingerprint density at radius 3 is 2.37 bits per heavy atom. The molecule has 0 aromatic heterocycles. The lowest BCUT2D eigenvalue weighted by Crippen LogP contribution is -2.24. The molecular formula is C18H17ClF3NO3S. The minimum absolute atomic E-state index is 0.0620. The van der Waals surface area contributed by atoms with Gasteiger partial charge in [0.1, 0.15) is 0 Å². The van der Waals surface area contributed by atoms with Crippen LogP contribution in [0.4, 0.5) is 18.9 Å². The SMILES string of the molecule is COc1ccc(S[C@@H](C)C(=O)Nc2ccc(Cl)cc2C(F)(F)F)cc1OC. The molecule has 0 spiro atoms. The number of hydrogen-bond acceptors (Lipinski definition) is 4. The molecule has 0 aliphatic carbocycles. The van der Waals surface area contributed by atoms with Crippen molar-refractivity contribution in [1.29, 1.82) is 0 Å². The molecule has 2 rings (SSSR count). The Morgan fingerprint density at radius 1 is 1.11 bits per heavy atom. The maximum atomic E-state index is 13.1. The van der Waals surface area contributed by atoms with Gasteiger partial charge < -0.3 is 14.8 Å². The molecule has 0 unspecified atom stereocenters. The second-order valence-electron chi connectivity index (χ2n) is 5.45. The topological polar surface area (TPSA) is 47.6 Å². The third-order valence-electron chi connectivity index (χ3n) is 3.58. The summed E-state index contributed by atoms with van der Waals surface area (Å²) in [6.07, 6.45) is -4.63. The van der Waals surface area contributed by atoms with Crippen LogP contribution in [0.1, 0.15) is 12.5 Å². The third-order valence-corrected chi connectivity index (χ3v) is 4.91. The van der Waals surface area contributed by atoms with Gasteiger partial charge in [0, 0.05) is 9.92 Å². The van der Waals surface area contributed by atoms with E-state index in [4.69, 9.17) is 21.1 Å². The van der Waals surface area contributed by atoms with Crippen molar-refractivity contribution in [1.82, 2.24) is 0 Å². The molecule has 9 heteroatoms. The number of carbonyl (C=O) groups excluding carboxylic acids is 1. The summed E-state index contributed by atoms with van der Waals surface area (Å²) in [5.41, 5.74) is -1.33. The van der Waals surface area contributed by atoms with Crippen LogP contribution < -0.4 is 14.8 Å². The highest BCUT2D eigenvalue weighted by molar-refractivity contribution is 8.00. The zero-order valence-electron chi connectivity index (χ0n) is 14.7. The summed E-state index contributed by atoms with van der Waals surface area (Å²) in [7, 11) is 2.99. The number of alkyl halides is 3. The molecule has 0 saturated carbocycles. The van der Waals surface area contributed by atoms with Crippen LogP contribution in [0.2, 0.25) is 5.02 Å². The predicted molar refractivity (Wildman–Crippen MR) is 99.9 cm³/mol. The normalized spacial score (nSPS) is 12.4. The molecule has 2 aromatic carbocycles. The fraction of sp³-hybridized carbons (Fsp3) is 0.278. The molecule has 1 atom stereocenters. The van der Waals surface area contributed by atoms with E-state index < -0.39 is 22.9 Å². The molecule has 0 heterocycles. The fourth-order valence-corrected chi connectivity index (χ4v) is 3.31. The van der Waals surface area contributed by atoms with Crippen molar-refractivity contribution >= 4 is 35.0 Å². The molecule has 146 valence electrons. The number of hydrogen-bond donors (Lipinski definition) is 1. The van der Waals surface area contributed by atoms with E-state index >= 15 is 0 Å². The summed E-state index contributed by atoms with van der Waals surface area (Å²) in [5, 5.41) is 1.61. The van der Waals surface area contributed by atoms with Gasteiger partial charge in [0.15, 0.2) is 11.5 Å². The molecule has 2 aromatic rings. The number of benzene rings is 2. The Labute approximate surface area is 164 Å². The highest BCUT2D eigenvalue weighted by atomic mass is 35.5. The van der Waals surface area contributed by atoms with Crippen molar-refractivity contribution in [2.45, 2.75) is 23.2 Å². The van der Waals surface area contributed by atoms with Gasteiger partial charge in [0.05, 0.1) is 30.7 Å². The smallest absolute Gasteiger partial charge is 0.418 e. The highest BCUT2D eigenvalue weighted by Crippen LogP contribution is 2.37. The Kier molecular flexibility index (Phi) is 6.89. The summed E-state index contributed by atoms with van der Waals surface area (Å²) in [6.45, 7) is 1.60. The number of carbonyl (C=O) groups is 1. The van der Waals surface area contributed by atoms with Gasteiger partial charge in [-0.05, 0) is 43.3 Å². The van der Waals surface area contributed by atoms with Gasteiger partial charge in [-0.25, -0.2) is 0 Å². The third kappa shape index (κ3) is 5.46. The molecule has 0 fully saturated rings. The van der Waals surface area contributed by atoms with Crippen molar-refractivity contribution < 1.29 is 27.4 Å². The zero-order valence-corrected chi connectivity index (χ0v) is 16.3. The monoisotopic (exact) mass is 419 g/mol. The molecule has 0 bridgehead atoms. The molecule has 0 saturated heterocycles. The first-order chi connectivity index (χ1) is 12.7. The van der Waals surface area contributed by atoms with E-state index in [2.05, 4.69) is 5.32 Å². The predicted octanol–water partition coefficient (Wildman–Crippen LogP) is 5.50. The molecule has 1 N–H and O–H groups in total. The van der Waals surface area contributed by atoms with E-state index in [0.29, 0.717) is 16.4 Å². The van der Waals surface area contributed by atoms with Crippen LogP contribution in [0.25, 0.3) is 0 Å². The lowest BCUT2D eigenvalue weighted by Gasteiger charge is -2.17. The van der Waals surface area contributed by atoms with Crippen molar-refractivity contribution in [2.75, 3.05) is 19.5 Å². The summed E-state index contributed by atoms with van der Waals surface area (Å²) < 4.78 is 49.8. The van der Waals surface area contributed by atoms with E-state index in [-0.39, 0.29) is 10.7 Å². The van der Waals surface area contributed by atoms with Crippen molar-refractivity contribution in [2.24, 2.45) is 0 Å². The van der Waals surface area contributed by atoms with Gasteiger partial charge in [-0.3, -0.25) is 4.79 Å². The quantitative estimate of drug-likeness (QED) is 0.628. The number of ether oxygens (including phenoxy) is 2. The lowest BCUT2D eigenvalue weighted by atomic mass is 10.1. The maximum absolute atomic E-state index is 13.1. The summed E-state index contributed by atoms with van der Waals surface area (Å²) in [6, 6.07) is 8.32. The van der Waals surface area contributed by atoms with Gasteiger partial charge in [-0.2, -0.15) is 13.2 Å². The Balaban J connectivity index is 2.15. The molecule has 4 nitrogen and oxygen atoms in total. The second-order valence-corrected chi connectivity index (χ2v) is 7.30. The van der Waals surface area contributed by atoms with Crippen LogP contribution in [0.5, 0.6) is 11.5 Å². The Hall–Kier alpha value is -2.06. The van der Waals surface area contributed by atoms with Crippen molar-refractivity contribution in [3.8, 4) is 11.5 Å². The Morgan fingerprint density at radius 2 is 1.78 bits per heavy atom. The van der Waals surface area contributed by atoms with Crippen LogP contribution >= 0.6 is 23.4 Å². The summed E-state index contributed by atoms with van der Waals surface area (Å²) >= 11 is 6.82. The fourth-order valence-electron chi connectivity index (χ4n) is 2.24. The van der Waals surface area contributed by atoms with E-state index in [1.807, 2.05) is 0 Å². The Bertz CT molecular complexity index is 830. The molecule has 0 aliphatic heterocycles. The zero-order chi connectivity index (χ0) is 20.2. The first-order valence-corrected chi connectivity index (χ1v) is 8.97. The first-order valence-electron chi connectivity index (χ1n) is 7.72. The summed E-state index contributed by atoms with van der Waals surface area (Å²) in [4.78, 5) is 13.1. The van der Waals surface area contributed by atoms with Gasteiger partial charge in [-0.15, -0.1) is 11.8 Å². The summed E-state index contributed by atoms with van der Waals surface area (Å²) in [5.74, 6) is 0.463. The number of anilines is 1. The number of nitrogens with one attached hydrogen (secondary N) is 1. The largest absolute Gasteiger partial charge is 0.493 e. The van der Waals surface area contributed by atoms with E-state index in [9.17, 15) is 18.0 Å². The molecule has 1 amide bonds. The lowest BCUT2D eigenvalue weighted by molar-refractivity contribution is -0.137. The minimum atomic E-state index is -4.63. The van der Waals surface area contributed by atoms with Gasteiger partial charge in [-0.1, -0.05) is 11.6 Å². The number of rotatable bonds is 6. The first kappa shape index (κ1) is 21.2. The van der Waals surface area contributed by atoms with Gasteiger partial charge in [0.25, 0.3) is 0 Å². The highest BCUT2D eigenvalue weighted by Gasteiger charge is 2.34.